The molecule has 1 saturated heterocycles. The first-order valence-corrected chi connectivity index (χ1v) is 13.0. The Morgan fingerprint density at radius 1 is 0.838 bits per heavy atom. The van der Waals surface area contributed by atoms with Crippen LogP contribution in [0.15, 0.2) is 53.5 Å². The van der Waals surface area contributed by atoms with Crippen LogP contribution in [0.2, 0.25) is 0 Å². The van der Waals surface area contributed by atoms with Gasteiger partial charge in [0.25, 0.3) is 11.5 Å². The van der Waals surface area contributed by atoms with Crippen LogP contribution in [-0.2, 0) is 6.42 Å². The van der Waals surface area contributed by atoms with Crippen LogP contribution < -0.4 is 10.5 Å². The average molecular weight is 498 g/mol. The summed E-state index contributed by atoms with van der Waals surface area (Å²) in [6.45, 7) is 12.7. The molecule has 0 bridgehead atoms. The molecule has 6 nitrogen and oxygen atoms in total. The standard InChI is InChI=1S/C31H35N3O3/c1-20-6-9-23(10-7-20)34-19-25-24(17-31(4,5)18-27(25)35)28(30(34)37)29(36)33-14-12-32(13-15-33)26-11-8-21(2)16-22(26)3/h6-11,16,19H,12-15,17-18H2,1-5H3. The number of carbonyl (C=O) groups is 2. The number of fused-ring (bicyclic) bond motifs is 1. The quantitative estimate of drug-likeness (QED) is 0.517. The topological polar surface area (TPSA) is 62.6 Å². The molecule has 5 rings (SSSR count). The predicted octanol–water partition coefficient (Wildman–Crippen LogP) is 4.88. The van der Waals surface area contributed by atoms with Gasteiger partial charge >= 0.3 is 0 Å². The van der Waals surface area contributed by atoms with Gasteiger partial charge in [0, 0.05) is 55.7 Å². The number of Topliss-reactive ketones (excluding diaryl/α,β-unsaturated/α-hetero) is 1. The molecule has 2 aromatic carbocycles. The van der Waals surface area contributed by atoms with Gasteiger partial charge in [-0.25, -0.2) is 0 Å². The smallest absolute Gasteiger partial charge is 0.268 e. The molecule has 1 aliphatic carbocycles. The van der Waals surface area contributed by atoms with Crippen molar-refractivity contribution < 1.29 is 9.59 Å². The molecule has 0 saturated carbocycles. The highest BCUT2D eigenvalue weighted by atomic mass is 16.2. The van der Waals surface area contributed by atoms with Gasteiger partial charge in [-0.3, -0.25) is 19.0 Å². The van der Waals surface area contributed by atoms with E-state index in [9.17, 15) is 14.4 Å². The molecule has 37 heavy (non-hydrogen) atoms. The van der Waals surface area contributed by atoms with Gasteiger partial charge in [0.1, 0.15) is 5.56 Å². The van der Waals surface area contributed by atoms with Crippen LogP contribution in [0, 0.1) is 26.2 Å². The number of pyridine rings is 1. The Morgan fingerprint density at radius 2 is 1.49 bits per heavy atom. The Kier molecular flexibility index (Phi) is 6.30. The molecular formula is C31H35N3O3. The maximum Gasteiger partial charge on any atom is 0.268 e. The molecule has 6 heteroatoms. The number of hydrogen-bond acceptors (Lipinski definition) is 4. The van der Waals surface area contributed by atoms with E-state index in [1.165, 1.54) is 21.4 Å². The highest BCUT2D eigenvalue weighted by Gasteiger charge is 2.37. The normalized spacial score (nSPS) is 17.1. The van der Waals surface area contributed by atoms with E-state index in [1.54, 1.807) is 11.1 Å². The molecule has 1 aromatic heterocycles. The summed E-state index contributed by atoms with van der Waals surface area (Å²) in [5, 5.41) is 0. The summed E-state index contributed by atoms with van der Waals surface area (Å²) in [5.74, 6) is -0.283. The summed E-state index contributed by atoms with van der Waals surface area (Å²) in [4.78, 5) is 45.2. The van der Waals surface area contributed by atoms with Crippen LogP contribution in [0.25, 0.3) is 5.69 Å². The number of piperazine rings is 1. The van der Waals surface area contributed by atoms with Crippen molar-refractivity contribution in [3.8, 4) is 5.69 Å². The zero-order chi connectivity index (χ0) is 26.5. The van der Waals surface area contributed by atoms with Crippen LogP contribution in [0.3, 0.4) is 0 Å². The highest BCUT2D eigenvalue weighted by molar-refractivity contribution is 6.04. The summed E-state index contributed by atoms with van der Waals surface area (Å²) < 4.78 is 1.48. The van der Waals surface area contributed by atoms with Crippen molar-refractivity contribution in [2.75, 3.05) is 31.1 Å². The van der Waals surface area contributed by atoms with Gasteiger partial charge < -0.3 is 9.80 Å². The van der Waals surface area contributed by atoms with Crippen molar-refractivity contribution in [1.82, 2.24) is 9.47 Å². The third kappa shape index (κ3) is 4.73. The van der Waals surface area contributed by atoms with E-state index in [0.29, 0.717) is 55.8 Å². The van der Waals surface area contributed by atoms with Crippen molar-refractivity contribution in [1.29, 1.82) is 0 Å². The van der Waals surface area contributed by atoms with E-state index >= 15 is 0 Å². The van der Waals surface area contributed by atoms with Crippen LogP contribution in [0.5, 0.6) is 0 Å². The van der Waals surface area contributed by atoms with E-state index < -0.39 is 0 Å². The Hall–Kier alpha value is -3.67. The van der Waals surface area contributed by atoms with Crippen LogP contribution in [0.4, 0.5) is 5.69 Å². The van der Waals surface area contributed by atoms with Crippen LogP contribution in [0.1, 0.15) is 63.2 Å². The largest absolute Gasteiger partial charge is 0.368 e. The molecule has 192 valence electrons. The molecule has 3 aromatic rings. The summed E-state index contributed by atoms with van der Waals surface area (Å²) in [6, 6.07) is 14.0. The summed E-state index contributed by atoms with van der Waals surface area (Å²) in [7, 11) is 0. The zero-order valence-corrected chi connectivity index (χ0v) is 22.4. The molecule has 0 N–H and O–H groups in total. The summed E-state index contributed by atoms with van der Waals surface area (Å²) in [5.41, 5.74) is 5.97. The molecular weight excluding hydrogens is 462 g/mol. The molecule has 1 fully saturated rings. The molecule has 0 atom stereocenters. The fraction of sp³-hybridized carbons (Fsp3) is 0.387. The molecule has 0 radical (unpaired) electrons. The third-order valence-electron chi connectivity index (χ3n) is 7.70. The van der Waals surface area contributed by atoms with Crippen molar-refractivity contribution in [3.63, 3.8) is 0 Å². The monoisotopic (exact) mass is 497 g/mol. The second kappa shape index (κ2) is 9.33. The van der Waals surface area contributed by atoms with Crippen molar-refractivity contribution >= 4 is 17.4 Å². The van der Waals surface area contributed by atoms with Crippen LogP contribution >= 0.6 is 0 Å². The van der Waals surface area contributed by atoms with E-state index in [2.05, 4.69) is 36.9 Å². The summed E-state index contributed by atoms with van der Waals surface area (Å²) in [6.07, 6.45) is 2.57. The van der Waals surface area contributed by atoms with Crippen molar-refractivity contribution in [2.45, 2.75) is 47.5 Å². The number of carbonyl (C=O) groups excluding carboxylic acids is 2. The van der Waals surface area contributed by atoms with E-state index in [1.807, 2.05) is 45.0 Å². The third-order valence-corrected chi connectivity index (χ3v) is 7.70. The zero-order valence-electron chi connectivity index (χ0n) is 22.4. The van der Waals surface area contributed by atoms with Crippen molar-refractivity contribution in [2.24, 2.45) is 5.41 Å². The molecule has 2 heterocycles. The number of amides is 1. The first kappa shape index (κ1) is 25.0. The minimum absolute atomic E-state index is 0.0131. The number of ketones is 1. The minimum Gasteiger partial charge on any atom is -0.368 e. The maximum atomic E-state index is 14.0. The molecule has 1 aliphatic heterocycles. The van der Waals surface area contributed by atoms with Gasteiger partial charge in [0.2, 0.25) is 0 Å². The minimum atomic E-state index is -0.352. The second-order valence-electron chi connectivity index (χ2n) is 11.4. The van der Waals surface area contributed by atoms with Crippen LogP contribution in [-0.4, -0.2) is 47.3 Å². The molecule has 0 unspecified atom stereocenters. The predicted molar refractivity (Wildman–Crippen MR) is 147 cm³/mol. The Balaban J connectivity index is 1.52. The molecule has 1 amide bonds. The highest BCUT2D eigenvalue weighted by Crippen LogP contribution is 2.36. The summed E-state index contributed by atoms with van der Waals surface area (Å²) >= 11 is 0. The Bertz CT molecular complexity index is 1440. The number of benzene rings is 2. The van der Waals surface area contributed by atoms with E-state index in [0.717, 1.165) is 5.56 Å². The molecule has 0 spiro atoms. The SMILES string of the molecule is Cc1ccc(-n2cc3c(c(C(=O)N4CCN(c5ccc(C)cc5C)CC4)c2=O)CC(C)(C)CC3=O)cc1. The fourth-order valence-corrected chi connectivity index (χ4v) is 5.73. The fourth-order valence-electron chi connectivity index (χ4n) is 5.73. The van der Waals surface area contributed by atoms with Gasteiger partial charge in [0.05, 0.1) is 0 Å². The number of aromatic nitrogens is 1. The van der Waals surface area contributed by atoms with Gasteiger partial charge in [-0.1, -0.05) is 49.2 Å². The van der Waals surface area contributed by atoms with Gasteiger partial charge in [-0.05, 0) is 61.9 Å². The average Bonchev–Trinajstić information content (AvgIpc) is 2.84. The lowest BCUT2D eigenvalue weighted by Gasteiger charge is -2.38. The first-order valence-electron chi connectivity index (χ1n) is 13.0. The molecule has 2 aliphatic rings. The van der Waals surface area contributed by atoms with Gasteiger partial charge in [-0.15, -0.1) is 0 Å². The van der Waals surface area contributed by atoms with Gasteiger partial charge in [0.15, 0.2) is 5.78 Å². The van der Waals surface area contributed by atoms with E-state index in [-0.39, 0.29) is 28.2 Å². The lowest BCUT2D eigenvalue weighted by Crippen LogP contribution is -2.50. The second-order valence-corrected chi connectivity index (χ2v) is 11.4. The number of hydrogen-bond donors (Lipinski definition) is 0. The lowest BCUT2D eigenvalue weighted by atomic mass is 9.73. The number of nitrogens with zero attached hydrogens (tertiary/aromatic N) is 3. The number of rotatable bonds is 3. The van der Waals surface area contributed by atoms with Gasteiger partial charge in [-0.2, -0.15) is 0 Å². The lowest BCUT2D eigenvalue weighted by molar-refractivity contribution is 0.0742. The van der Waals surface area contributed by atoms with E-state index in [4.69, 9.17) is 0 Å². The number of aryl methyl sites for hydroxylation is 3. The maximum absolute atomic E-state index is 14.0. The number of anilines is 1. The first-order chi connectivity index (χ1) is 17.5. The van der Waals surface area contributed by atoms with Crippen molar-refractivity contribution in [3.05, 3.63) is 92.4 Å². The Labute approximate surface area is 218 Å². The Morgan fingerprint density at radius 3 is 2.14 bits per heavy atom.